The first-order valence-corrected chi connectivity index (χ1v) is 3.57. The fraction of sp³-hybridized carbons (Fsp3) is 0.667. The summed E-state index contributed by atoms with van der Waals surface area (Å²) in [7, 11) is 0. The summed E-state index contributed by atoms with van der Waals surface area (Å²) in [5, 5.41) is 3.97. The lowest BCUT2D eigenvalue weighted by atomic mass is 10.2. The molecule has 13 heavy (non-hydrogen) atoms. The zero-order valence-corrected chi connectivity index (χ0v) is 8.08. The maximum absolute atomic E-state index is 10.5. The molecule has 0 amide bonds. The highest BCUT2D eigenvalue weighted by atomic mass is 35.5. The molecule has 0 unspecified atom stereocenters. The second kappa shape index (κ2) is 5.00. The van der Waals surface area contributed by atoms with Crippen LogP contribution in [0.2, 0.25) is 0 Å². The Kier molecular flexibility index (Phi) is 4.68. The van der Waals surface area contributed by atoms with Crippen LogP contribution in [0.15, 0.2) is 0 Å². The summed E-state index contributed by atoms with van der Waals surface area (Å²) in [6.45, 7) is 4.96. The quantitative estimate of drug-likeness (QED) is 0.385. The van der Waals surface area contributed by atoms with E-state index in [-0.39, 0.29) is 0 Å². The van der Waals surface area contributed by atoms with Gasteiger partial charge in [0, 0.05) is 0 Å². The summed E-state index contributed by atoms with van der Waals surface area (Å²) in [4.78, 5) is 29.1. The molecule has 6 nitrogen and oxygen atoms in total. The van der Waals surface area contributed by atoms with Crippen LogP contribution < -0.4 is 0 Å². The van der Waals surface area contributed by atoms with Gasteiger partial charge in [-0.1, -0.05) is 0 Å². The second-order valence-electron chi connectivity index (χ2n) is 3.00. The molecule has 0 radical (unpaired) electrons. The average molecular weight is 213 g/mol. The zero-order chi connectivity index (χ0) is 10.5. The molecule has 0 rings (SSSR count). The fourth-order valence-corrected chi connectivity index (χ4v) is 0.278. The fourth-order valence-electron chi connectivity index (χ4n) is 0.215. The van der Waals surface area contributed by atoms with Gasteiger partial charge in [-0.05, 0) is 25.8 Å². The molecule has 0 saturated carbocycles. The number of hydrogen-bond donors (Lipinski definition) is 0. The zero-order valence-electron chi connectivity index (χ0n) is 7.33. The molecular formula is C6H9ClO6. The predicted molar refractivity (Wildman–Crippen MR) is 40.0 cm³/mol. The highest BCUT2D eigenvalue weighted by Gasteiger charge is 2.21. The Balaban J connectivity index is 3.66. The molecule has 76 valence electrons. The van der Waals surface area contributed by atoms with E-state index in [9.17, 15) is 9.59 Å². The van der Waals surface area contributed by atoms with Crippen molar-refractivity contribution in [3.63, 3.8) is 0 Å². The Morgan fingerprint density at radius 2 is 1.69 bits per heavy atom. The van der Waals surface area contributed by atoms with Gasteiger partial charge >= 0.3 is 11.9 Å². The van der Waals surface area contributed by atoms with Crippen LogP contribution >= 0.6 is 11.9 Å². The minimum atomic E-state index is -1.40. The van der Waals surface area contributed by atoms with Gasteiger partial charge in [0.15, 0.2) is 0 Å². The van der Waals surface area contributed by atoms with Gasteiger partial charge in [0.05, 0.1) is 5.60 Å². The standard InChI is InChI=1S/C6H9ClO6/c1-6(2,3)12-13-11-5(9)4(8)10-7/h1-3H3. The van der Waals surface area contributed by atoms with E-state index < -0.39 is 17.5 Å². The maximum Gasteiger partial charge on any atom is 0.454 e. The van der Waals surface area contributed by atoms with Gasteiger partial charge in [0.1, 0.15) is 11.9 Å². The lowest BCUT2D eigenvalue weighted by Crippen LogP contribution is -2.23. The number of halogens is 1. The Morgan fingerprint density at radius 3 is 2.08 bits per heavy atom. The van der Waals surface area contributed by atoms with Crippen LogP contribution in [0.1, 0.15) is 20.8 Å². The smallest absolute Gasteiger partial charge is 0.338 e. The van der Waals surface area contributed by atoms with Crippen LogP contribution in [-0.4, -0.2) is 17.5 Å². The van der Waals surface area contributed by atoms with E-state index in [1.165, 1.54) is 0 Å². The third-order valence-electron chi connectivity index (χ3n) is 0.630. The van der Waals surface area contributed by atoms with E-state index in [0.29, 0.717) is 0 Å². The predicted octanol–water partition coefficient (Wildman–Crippen LogP) is 0.888. The van der Waals surface area contributed by atoms with Gasteiger partial charge in [-0.15, -0.1) is 0 Å². The minimum Gasteiger partial charge on any atom is -0.338 e. The van der Waals surface area contributed by atoms with Gasteiger partial charge in [0.25, 0.3) is 0 Å². The molecule has 0 heterocycles. The van der Waals surface area contributed by atoms with E-state index in [1.54, 1.807) is 20.8 Å². The lowest BCUT2D eigenvalue weighted by molar-refractivity contribution is -0.513. The first-order valence-electron chi connectivity index (χ1n) is 3.26. The molecule has 0 bridgehead atoms. The van der Waals surface area contributed by atoms with Gasteiger partial charge in [-0.2, -0.15) is 4.89 Å². The van der Waals surface area contributed by atoms with Crippen molar-refractivity contribution in [2.45, 2.75) is 26.4 Å². The summed E-state index contributed by atoms with van der Waals surface area (Å²) in [6, 6.07) is 0. The molecule has 0 aliphatic rings. The molecule has 0 aliphatic carbocycles. The molecule has 0 atom stereocenters. The average Bonchev–Trinajstić information content (AvgIpc) is 2.00. The Morgan fingerprint density at radius 1 is 1.15 bits per heavy atom. The van der Waals surface area contributed by atoms with Crippen LogP contribution in [0.25, 0.3) is 0 Å². The largest absolute Gasteiger partial charge is 0.454 e. The van der Waals surface area contributed by atoms with Crippen LogP contribution in [0.5, 0.6) is 0 Å². The molecule has 0 aliphatic heterocycles. The lowest BCUT2D eigenvalue weighted by Gasteiger charge is -2.14. The Hall–Kier alpha value is -0.850. The summed E-state index contributed by atoms with van der Waals surface area (Å²) in [5.41, 5.74) is -0.662. The molecule has 0 aromatic rings. The molecule has 0 aromatic heterocycles. The van der Waals surface area contributed by atoms with Crippen molar-refractivity contribution in [2.75, 3.05) is 0 Å². The van der Waals surface area contributed by atoms with Crippen LogP contribution in [0.4, 0.5) is 0 Å². The van der Waals surface area contributed by atoms with Crippen molar-refractivity contribution >= 4 is 23.8 Å². The highest BCUT2D eigenvalue weighted by molar-refractivity contribution is 6.34. The van der Waals surface area contributed by atoms with E-state index in [1.807, 2.05) is 0 Å². The Labute approximate surface area is 79.7 Å². The van der Waals surface area contributed by atoms with E-state index in [4.69, 9.17) is 0 Å². The number of carbonyl (C=O) groups is 2. The number of hydrogen-bond acceptors (Lipinski definition) is 6. The van der Waals surface area contributed by atoms with Crippen molar-refractivity contribution in [2.24, 2.45) is 0 Å². The van der Waals surface area contributed by atoms with Gasteiger partial charge in [0.2, 0.25) is 0 Å². The molecule has 0 saturated heterocycles. The van der Waals surface area contributed by atoms with E-state index >= 15 is 0 Å². The number of carbonyl (C=O) groups excluding carboxylic acids is 2. The van der Waals surface area contributed by atoms with Crippen LogP contribution in [-0.2, 0) is 28.7 Å². The van der Waals surface area contributed by atoms with Crippen molar-refractivity contribution < 1.29 is 28.7 Å². The second-order valence-corrected chi connectivity index (χ2v) is 3.15. The molecule has 0 fully saturated rings. The van der Waals surface area contributed by atoms with Crippen LogP contribution in [0.3, 0.4) is 0 Å². The van der Waals surface area contributed by atoms with E-state index in [0.717, 1.165) is 0 Å². The van der Waals surface area contributed by atoms with E-state index in [2.05, 4.69) is 31.0 Å². The van der Waals surface area contributed by atoms with Gasteiger partial charge < -0.3 is 4.29 Å². The van der Waals surface area contributed by atoms with Crippen molar-refractivity contribution in [3.8, 4) is 0 Å². The first-order chi connectivity index (χ1) is 5.87. The molecular weight excluding hydrogens is 204 g/mol. The molecule has 0 aromatic carbocycles. The van der Waals surface area contributed by atoms with Gasteiger partial charge in [-0.3, -0.25) is 4.89 Å². The van der Waals surface area contributed by atoms with Gasteiger partial charge in [-0.25, -0.2) is 9.59 Å². The third kappa shape index (κ3) is 6.32. The maximum atomic E-state index is 10.5. The normalized spacial score (nSPS) is 10.8. The molecule has 0 spiro atoms. The minimum absolute atomic E-state index is 0.662. The topological polar surface area (TPSA) is 71.1 Å². The summed E-state index contributed by atoms with van der Waals surface area (Å²) in [5.74, 6) is -2.79. The van der Waals surface area contributed by atoms with Crippen molar-refractivity contribution in [1.82, 2.24) is 0 Å². The SMILES string of the molecule is CC(C)(C)OOOC(=O)C(=O)OCl. The summed E-state index contributed by atoms with van der Waals surface area (Å²) < 4.78 is 3.52. The van der Waals surface area contributed by atoms with Crippen LogP contribution in [0, 0.1) is 0 Å². The van der Waals surface area contributed by atoms with Crippen molar-refractivity contribution in [3.05, 3.63) is 0 Å². The monoisotopic (exact) mass is 212 g/mol. The summed E-state index contributed by atoms with van der Waals surface area (Å²) >= 11 is 4.57. The summed E-state index contributed by atoms with van der Waals surface area (Å²) in [6.07, 6.45) is 0. The van der Waals surface area contributed by atoms with Crippen molar-refractivity contribution in [1.29, 1.82) is 0 Å². The first kappa shape index (κ1) is 12.2. The highest BCUT2D eigenvalue weighted by Crippen LogP contribution is 2.07. The molecule has 0 N–H and O–H groups in total. The third-order valence-corrected chi connectivity index (χ3v) is 0.771. The number of rotatable bonds is 2. The molecule has 7 heteroatoms. The Bertz CT molecular complexity index is 196.